The van der Waals surface area contributed by atoms with Crippen molar-refractivity contribution < 1.29 is 14.3 Å². The monoisotopic (exact) mass is 397 g/mol. The maximum atomic E-state index is 13.1. The Hall–Kier alpha value is -1.92. The SMILES string of the molecule is O=C(Nc1ccc(C(=O)N2CCCC3(CCN3CC3CCCO3)C2)cc1)C1CC1. The fourth-order valence-electron chi connectivity index (χ4n) is 5.12. The Morgan fingerprint density at radius 3 is 2.55 bits per heavy atom. The fraction of sp³-hybridized carbons (Fsp3) is 0.652. The van der Waals surface area contributed by atoms with Crippen LogP contribution in [0.5, 0.6) is 0 Å². The third-order valence-electron chi connectivity index (χ3n) is 7.16. The average Bonchev–Trinajstić information content (AvgIpc) is 3.48. The van der Waals surface area contributed by atoms with Gasteiger partial charge in [-0.2, -0.15) is 0 Å². The zero-order chi connectivity index (χ0) is 19.8. The van der Waals surface area contributed by atoms with Crippen LogP contribution in [-0.4, -0.2) is 66.0 Å². The number of carbonyl (C=O) groups is 2. The lowest BCUT2D eigenvalue weighted by atomic mass is 9.77. The summed E-state index contributed by atoms with van der Waals surface area (Å²) in [4.78, 5) is 29.6. The first kappa shape index (κ1) is 19.1. The normalized spacial score (nSPS) is 29.7. The molecule has 0 aromatic heterocycles. The van der Waals surface area contributed by atoms with Crippen LogP contribution >= 0.6 is 0 Å². The number of rotatable bonds is 5. The van der Waals surface area contributed by atoms with Gasteiger partial charge < -0.3 is 15.0 Å². The molecule has 156 valence electrons. The minimum Gasteiger partial charge on any atom is -0.377 e. The van der Waals surface area contributed by atoms with Crippen LogP contribution in [0.4, 0.5) is 5.69 Å². The zero-order valence-corrected chi connectivity index (χ0v) is 17.1. The molecule has 6 nitrogen and oxygen atoms in total. The van der Waals surface area contributed by atoms with E-state index in [1.807, 2.05) is 29.2 Å². The van der Waals surface area contributed by atoms with Gasteiger partial charge in [-0.25, -0.2) is 0 Å². The van der Waals surface area contributed by atoms with Crippen LogP contribution in [0.3, 0.4) is 0 Å². The number of nitrogens with zero attached hydrogens (tertiary/aromatic N) is 2. The van der Waals surface area contributed by atoms with E-state index >= 15 is 0 Å². The Labute approximate surface area is 172 Å². The first-order valence-electron chi connectivity index (χ1n) is 11.2. The molecule has 1 N–H and O–H groups in total. The van der Waals surface area contributed by atoms with E-state index in [-0.39, 0.29) is 23.3 Å². The summed E-state index contributed by atoms with van der Waals surface area (Å²) < 4.78 is 5.84. The Kier molecular flexibility index (Phi) is 5.08. The highest BCUT2D eigenvalue weighted by molar-refractivity contribution is 5.96. The minimum atomic E-state index is 0.0957. The second-order valence-electron chi connectivity index (χ2n) is 9.23. The number of ether oxygens (including phenoxy) is 1. The minimum absolute atomic E-state index is 0.0957. The molecule has 0 bridgehead atoms. The van der Waals surface area contributed by atoms with E-state index in [4.69, 9.17) is 4.74 Å². The summed E-state index contributed by atoms with van der Waals surface area (Å²) in [5, 5.41) is 2.94. The number of nitrogens with one attached hydrogen (secondary N) is 1. The summed E-state index contributed by atoms with van der Waals surface area (Å²) in [5.41, 5.74) is 1.63. The molecule has 2 amide bonds. The molecule has 1 aromatic rings. The van der Waals surface area contributed by atoms with Gasteiger partial charge in [-0.05, 0) is 69.2 Å². The maximum Gasteiger partial charge on any atom is 0.253 e. The molecule has 6 heteroatoms. The van der Waals surface area contributed by atoms with E-state index in [1.54, 1.807) is 0 Å². The topological polar surface area (TPSA) is 61.9 Å². The van der Waals surface area contributed by atoms with Crippen LogP contribution in [0.2, 0.25) is 0 Å². The molecule has 4 fully saturated rings. The van der Waals surface area contributed by atoms with E-state index in [9.17, 15) is 9.59 Å². The number of anilines is 1. The number of likely N-dealkylation sites (tertiary alicyclic amines) is 2. The predicted octanol–water partition coefficient (Wildman–Crippen LogP) is 2.89. The number of hydrogen-bond acceptors (Lipinski definition) is 4. The Balaban J connectivity index is 1.21. The summed E-state index contributed by atoms with van der Waals surface area (Å²) in [6, 6.07) is 7.38. The summed E-state index contributed by atoms with van der Waals surface area (Å²) in [5.74, 6) is 0.382. The number of carbonyl (C=O) groups excluding carboxylic acids is 2. The fourth-order valence-corrected chi connectivity index (χ4v) is 5.12. The van der Waals surface area contributed by atoms with E-state index in [0.717, 1.165) is 57.7 Å². The molecule has 1 aliphatic carbocycles. The molecular weight excluding hydrogens is 366 g/mol. The van der Waals surface area contributed by atoms with Crippen molar-refractivity contribution in [3.05, 3.63) is 29.8 Å². The van der Waals surface area contributed by atoms with Gasteiger partial charge >= 0.3 is 0 Å². The van der Waals surface area contributed by atoms with Crippen LogP contribution in [0.15, 0.2) is 24.3 Å². The van der Waals surface area contributed by atoms with Crippen molar-refractivity contribution in [1.82, 2.24) is 9.80 Å². The molecule has 1 spiro atoms. The van der Waals surface area contributed by atoms with Gasteiger partial charge in [-0.15, -0.1) is 0 Å². The second-order valence-corrected chi connectivity index (χ2v) is 9.23. The molecule has 2 atom stereocenters. The Morgan fingerprint density at radius 2 is 1.90 bits per heavy atom. The molecule has 3 heterocycles. The number of piperidine rings is 1. The van der Waals surface area contributed by atoms with Gasteiger partial charge in [0.25, 0.3) is 5.91 Å². The van der Waals surface area contributed by atoms with Gasteiger partial charge in [0, 0.05) is 55.5 Å². The smallest absolute Gasteiger partial charge is 0.253 e. The first-order chi connectivity index (χ1) is 14.1. The van der Waals surface area contributed by atoms with Gasteiger partial charge in [-0.3, -0.25) is 14.5 Å². The molecule has 2 unspecified atom stereocenters. The highest BCUT2D eigenvalue weighted by Crippen LogP contribution is 2.39. The van der Waals surface area contributed by atoms with Crippen LogP contribution in [0.1, 0.15) is 55.3 Å². The van der Waals surface area contributed by atoms with E-state index in [2.05, 4.69) is 10.2 Å². The molecule has 4 aliphatic rings. The predicted molar refractivity (Wildman–Crippen MR) is 111 cm³/mol. The van der Waals surface area contributed by atoms with Gasteiger partial charge in [0.2, 0.25) is 5.91 Å². The van der Waals surface area contributed by atoms with Crippen LogP contribution in [0, 0.1) is 5.92 Å². The van der Waals surface area contributed by atoms with Crippen molar-refractivity contribution >= 4 is 17.5 Å². The van der Waals surface area contributed by atoms with E-state index in [1.165, 1.54) is 25.7 Å². The van der Waals surface area contributed by atoms with Crippen molar-refractivity contribution in [2.24, 2.45) is 5.92 Å². The second kappa shape index (κ2) is 7.73. The average molecular weight is 398 g/mol. The standard InChI is InChI=1S/C23H31N3O3/c27-21(17-4-5-17)24-19-8-6-18(7-9-19)22(28)25-12-2-10-23(16-25)11-13-26(23)15-20-3-1-14-29-20/h6-9,17,20H,1-5,10-16H2,(H,24,27). The van der Waals surface area contributed by atoms with Gasteiger partial charge in [-0.1, -0.05) is 0 Å². The summed E-state index contributed by atoms with van der Waals surface area (Å²) in [6.07, 6.45) is 8.10. The Bertz CT molecular complexity index is 770. The number of benzene rings is 1. The maximum absolute atomic E-state index is 13.1. The van der Waals surface area contributed by atoms with Gasteiger partial charge in [0.15, 0.2) is 0 Å². The molecular formula is C23H31N3O3. The van der Waals surface area contributed by atoms with E-state index in [0.29, 0.717) is 11.7 Å². The summed E-state index contributed by atoms with van der Waals surface area (Å²) in [7, 11) is 0. The molecule has 29 heavy (non-hydrogen) atoms. The summed E-state index contributed by atoms with van der Waals surface area (Å²) >= 11 is 0. The van der Waals surface area contributed by atoms with Crippen molar-refractivity contribution in [2.45, 2.75) is 56.6 Å². The van der Waals surface area contributed by atoms with Crippen LogP contribution in [0.25, 0.3) is 0 Å². The van der Waals surface area contributed by atoms with Crippen molar-refractivity contribution in [2.75, 3.05) is 38.1 Å². The van der Waals surface area contributed by atoms with Crippen LogP contribution < -0.4 is 5.32 Å². The molecule has 5 rings (SSSR count). The molecule has 3 saturated heterocycles. The number of amides is 2. The van der Waals surface area contributed by atoms with Gasteiger partial charge in [0.05, 0.1) is 6.10 Å². The van der Waals surface area contributed by atoms with Crippen molar-refractivity contribution in [1.29, 1.82) is 0 Å². The highest BCUT2D eigenvalue weighted by Gasteiger charge is 2.48. The third kappa shape index (κ3) is 3.92. The molecule has 1 aromatic carbocycles. The number of hydrogen-bond donors (Lipinski definition) is 1. The van der Waals surface area contributed by atoms with E-state index < -0.39 is 0 Å². The van der Waals surface area contributed by atoms with Gasteiger partial charge in [0.1, 0.15) is 0 Å². The molecule has 1 saturated carbocycles. The first-order valence-corrected chi connectivity index (χ1v) is 11.2. The third-order valence-corrected chi connectivity index (χ3v) is 7.16. The molecule has 3 aliphatic heterocycles. The largest absolute Gasteiger partial charge is 0.377 e. The quantitative estimate of drug-likeness (QED) is 0.830. The van der Waals surface area contributed by atoms with Crippen molar-refractivity contribution in [3.63, 3.8) is 0 Å². The Morgan fingerprint density at radius 1 is 1.07 bits per heavy atom. The lowest BCUT2D eigenvalue weighted by Gasteiger charge is -2.57. The summed E-state index contributed by atoms with van der Waals surface area (Å²) in [6.45, 7) is 4.68. The lowest BCUT2D eigenvalue weighted by molar-refractivity contribution is -0.117. The highest BCUT2D eigenvalue weighted by atomic mass is 16.5. The zero-order valence-electron chi connectivity index (χ0n) is 17.1. The van der Waals surface area contributed by atoms with Crippen LogP contribution in [-0.2, 0) is 9.53 Å². The van der Waals surface area contributed by atoms with Crippen molar-refractivity contribution in [3.8, 4) is 0 Å². The molecule has 0 radical (unpaired) electrons. The lowest BCUT2D eigenvalue weighted by Crippen LogP contribution is -2.68.